The first-order chi connectivity index (χ1) is 6.79. The summed E-state index contributed by atoms with van der Waals surface area (Å²) in [6, 6.07) is 3.63. The number of rotatable bonds is 3. The van der Waals surface area contributed by atoms with Crippen molar-refractivity contribution >= 4 is 17.4 Å². The number of thioether (sulfide) groups is 1. The predicted molar refractivity (Wildman–Crippen MR) is 51.0 cm³/mol. The highest BCUT2D eigenvalue weighted by Crippen LogP contribution is 2.19. The van der Waals surface area contributed by atoms with Crippen LogP contribution in [0.15, 0.2) is 17.2 Å². The molecule has 2 heterocycles. The van der Waals surface area contributed by atoms with Gasteiger partial charge in [0.05, 0.1) is 6.61 Å². The molecule has 2 aromatic heterocycles. The van der Waals surface area contributed by atoms with Crippen LogP contribution in [0.25, 0.3) is 5.65 Å². The van der Waals surface area contributed by atoms with Crippen molar-refractivity contribution in [2.24, 2.45) is 0 Å². The number of tetrazole rings is 1. The van der Waals surface area contributed by atoms with Crippen LogP contribution in [0.4, 0.5) is 0 Å². The Balaban J connectivity index is 2.25. The van der Waals surface area contributed by atoms with Gasteiger partial charge >= 0.3 is 0 Å². The Kier molecular flexibility index (Phi) is 2.60. The number of aliphatic hydroxyl groups excluding tert-OH is 1. The smallest absolute Gasteiger partial charge is 0.200 e. The van der Waals surface area contributed by atoms with E-state index >= 15 is 0 Å². The molecule has 2 rings (SSSR count). The summed E-state index contributed by atoms with van der Waals surface area (Å²) < 4.78 is 1.37. The van der Waals surface area contributed by atoms with Gasteiger partial charge in [0.25, 0.3) is 0 Å². The lowest BCUT2D eigenvalue weighted by Crippen LogP contribution is -2.04. The van der Waals surface area contributed by atoms with E-state index in [1.807, 2.05) is 13.0 Å². The molecule has 74 valence electrons. The van der Waals surface area contributed by atoms with E-state index in [-0.39, 0.29) is 11.9 Å². The molecular weight excluding hydrogens is 202 g/mol. The van der Waals surface area contributed by atoms with E-state index in [0.717, 1.165) is 5.03 Å². The molecule has 0 saturated carbocycles. The molecule has 1 atom stereocenters. The summed E-state index contributed by atoms with van der Waals surface area (Å²) in [6.07, 6.45) is 0. The molecule has 14 heavy (non-hydrogen) atoms. The molecule has 0 bridgehead atoms. The fourth-order valence-electron chi connectivity index (χ4n) is 0.940. The number of aromatic nitrogens is 5. The Labute approximate surface area is 84.3 Å². The van der Waals surface area contributed by atoms with Crippen LogP contribution in [-0.2, 0) is 0 Å². The van der Waals surface area contributed by atoms with E-state index < -0.39 is 0 Å². The molecule has 0 aromatic carbocycles. The van der Waals surface area contributed by atoms with Crippen LogP contribution < -0.4 is 0 Å². The Hall–Kier alpha value is -1.21. The molecule has 0 aliphatic carbocycles. The van der Waals surface area contributed by atoms with Gasteiger partial charge in [0.1, 0.15) is 5.03 Å². The number of hydrogen-bond acceptors (Lipinski definition) is 6. The van der Waals surface area contributed by atoms with Crippen LogP contribution >= 0.6 is 11.8 Å². The third kappa shape index (κ3) is 1.83. The van der Waals surface area contributed by atoms with Crippen LogP contribution in [0.3, 0.4) is 0 Å². The Morgan fingerprint density at radius 1 is 1.57 bits per heavy atom. The molecule has 0 amide bonds. The minimum Gasteiger partial charge on any atom is -0.395 e. The Morgan fingerprint density at radius 2 is 2.43 bits per heavy atom. The average Bonchev–Trinajstić information content (AvgIpc) is 2.64. The van der Waals surface area contributed by atoms with E-state index in [2.05, 4.69) is 20.6 Å². The van der Waals surface area contributed by atoms with Gasteiger partial charge in [-0.3, -0.25) is 0 Å². The van der Waals surface area contributed by atoms with Gasteiger partial charge in [0, 0.05) is 5.25 Å². The molecule has 7 heteroatoms. The third-order valence-corrected chi connectivity index (χ3v) is 2.63. The van der Waals surface area contributed by atoms with Gasteiger partial charge in [-0.1, -0.05) is 18.7 Å². The van der Waals surface area contributed by atoms with Gasteiger partial charge in [-0.2, -0.15) is 0 Å². The number of fused-ring (bicyclic) bond motifs is 1. The van der Waals surface area contributed by atoms with Crippen LogP contribution in [-0.4, -0.2) is 42.2 Å². The van der Waals surface area contributed by atoms with Crippen molar-refractivity contribution in [2.75, 3.05) is 6.61 Å². The van der Waals surface area contributed by atoms with Crippen LogP contribution in [0.2, 0.25) is 0 Å². The SMILES string of the molecule is CC(CO)Sc1ccc2nnnn2n1. The van der Waals surface area contributed by atoms with Gasteiger partial charge in [-0.25, -0.2) is 0 Å². The highest BCUT2D eigenvalue weighted by Gasteiger charge is 2.05. The number of hydrogen-bond donors (Lipinski definition) is 1. The van der Waals surface area contributed by atoms with Gasteiger partial charge in [0.2, 0.25) is 0 Å². The fourth-order valence-corrected chi connectivity index (χ4v) is 1.70. The van der Waals surface area contributed by atoms with Crippen molar-refractivity contribution in [3.63, 3.8) is 0 Å². The van der Waals surface area contributed by atoms with E-state index in [1.165, 1.54) is 16.4 Å². The van der Waals surface area contributed by atoms with Gasteiger partial charge in [0.15, 0.2) is 5.65 Å². The monoisotopic (exact) mass is 211 g/mol. The summed E-state index contributed by atoms with van der Waals surface area (Å²) in [7, 11) is 0. The summed E-state index contributed by atoms with van der Waals surface area (Å²) in [5, 5.41) is 24.9. The summed E-state index contributed by atoms with van der Waals surface area (Å²) >= 11 is 1.48. The third-order valence-electron chi connectivity index (χ3n) is 1.62. The molecule has 0 saturated heterocycles. The van der Waals surface area contributed by atoms with Crippen molar-refractivity contribution in [2.45, 2.75) is 17.2 Å². The molecular formula is C7H9N5OS. The standard InChI is InChI=1S/C7H9N5OS/c1-5(4-13)14-7-3-2-6-8-10-11-12(6)9-7/h2-3,5,13H,4H2,1H3. The largest absolute Gasteiger partial charge is 0.395 e. The van der Waals surface area contributed by atoms with Crippen LogP contribution in [0.1, 0.15) is 6.92 Å². The Morgan fingerprint density at radius 3 is 3.21 bits per heavy atom. The summed E-state index contributed by atoms with van der Waals surface area (Å²) in [5.74, 6) is 0. The molecule has 1 unspecified atom stereocenters. The fraction of sp³-hybridized carbons (Fsp3) is 0.429. The van der Waals surface area contributed by atoms with Crippen LogP contribution in [0, 0.1) is 0 Å². The highest BCUT2D eigenvalue weighted by atomic mass is 32.2. The summed E-state index contributed by atoms with van der Waals surface area (Å²) in [6.45, 7) is 2.05. The first-order valence-corrected chi connectivity index (χ1v) is 5.00. The molecule has 0 fully saturated rings. The van der Waals surface area contributed by atoms with Crippen molar-refractivity contribution in [1.29, 1.82) is 0 Å². The first kappa shape index (κ1) is 9.35. The van der Waals surface area contributed by atoms with Crippen molar-refractivity contribution in [3.05, 3.63) is 12.1 Å². The molecule has 0 aliphatic heterocycles. The second-order valence-electron chi connectivity index (χ2n) is 2.81. The molecule has 0 aliphatic rings. The van der Waals surface area contributed by atoms with Gasteiger partial charge in [-0.15, -0.1) is 14.8 Å². The van der Waals surface area contributed by atoms with E-state index in [9.17, 15) is 0 Å². The maximum Gasteiger partial charge on any atom is 0.200 e. The molecule has 0 spiro atoms. The lowest BCUT2D eigenvalue weighted by atomic mass is 10.5. The minimum atomic E-state index is 0.122. The molecule has 1 N–H and O–H groups in total. The number of nitrogens with zero attached hydrogens (tertiary/aromatic N) is 5. The second-order valence-corrected chi connectivity index (χ2v) is 4.27. The maximum atomic E-state index is 8.87. The zero-order valence-corrected chi connectivity index (χ0v) is 8.35. The Bertz CT molecular complexity index is 431. The zero-order chi connectivity index (χ0) is 9.97. The predicted octanol–water partition coefficient (Wildman–Crippen LogP) is -0.00780. The normalized spacial score (nSPS) is 13.3. The average molecular weight is 211 g/mol. The molecule has 2 aromatic rings. The first-order valence-electron chi connectivity index (χ1n) is 4.12. The van der Waals surface area contributed by atoms with Crippen molar-refractivity contribution in [3.8, 4) is 0 Å². The summed E-state index contributed by atoms with van der Waals surface area (Å²) in [4.78, 5) is 0. The van der Waals surface area contributed by atoms with Crippen LogP contribution in [0.5, 0.6) is 0 Å². The van der Waals surface area contributed by atoms with E-state index in [1.54, 1.807) is 6.07 Å². The highest BCUT2D eigenvalue weighted by molar-refractivity contribution is 7.99. The maximum absolute atomic E-state index is 8.87. The molecule has 0 radical (unpaired) electrons. The lowest BCUT2D eigenvalue weighted by Gasteiger charge is -2.05. The topological polar surface area (TPSA) is 76.2 Å². The molecule has 6 nitrogen and oxygen atoms in total. The van der Waals surface area contributed by atoms with E-state index in [0.29, 0.717) is 5.65 Å². The van der Waals surface area contributed by atoms with Gasteiger partial charge < -0.3 is 5.11 Å². The zero-order valence-electron chi connectivity index (χ0n) is 7.53. The van der Waals surface area contributed by atoms with Crippen molar-refractivity contribution < 1.29 is 5.11 Å². The summed E-state index contributed by atoms with van der Waals surface area (Å²) in [5.41, 5.74) is 0.617. The minimum absolute atomic E-state index is 0.122. The lowest BCUT2D eigenvalue weighted by molar-refractivity contribution is 0.300. The van der Waals surface area contributed by atoms with E-state index in [4.69, 9.17) is 5.11 Å². The number of aliphatic hydroxyl groups is 1. The van der Waals surface area contributed by atoms with Gasteiger partial charge in [-0.05, 0) is 22.6 Å². The van der Waals surface area contributed by atoms with Crippen molar-refractivity contribution in [1.82, 2.24) is 25.3 Å². The quantitative estimate of drug-likeness (QED) is 0.720. The second kappa shape index (κ2) is 3.89.